The second kappa shape index (κ2) is 12.1. The van der Waals surface area contributed by atoms with Crippen LogP contribution < -0.4 is 10.2 Å². The van der Waals surface area contributed by atoms with Gasteiger partial charge >= 0.3 is 6.18 Å². The number of phenols is 1. The van der Waals surface area contributed by atoms with Gasteiger partial charge in [0.1, 0.15) is 5.75 Å². The number of hydrogen-bond donors (Lipinski definition) is 2. The molecule has 0 unspecified atom stereocenters. The second-order valence-corrected chi connectivity index (χ2v) is 10.8. The number of aromatic nitrogens is 4. The molecule has 0 bridgehead atoms. The number of fused-ring (bicyclic) bond motifs is 1. The average molecular weight is 582 g/mol. The van der Waals surface area contributed by atoms with Crippen LogP contribution in [0.1, 0.15) is 29.5 Å². The van der Waals surface area contributed by atoms with Gasteiger partial charge in [0, 0.05) is 38.8 Å². The molecule has 42 heavy (non-hydrogen) atoms. The molecule has 0 saturated carbocycles. The largest absolute Gasteiger partial charge is 0.508 e. The highest BCUT2D eigenvalue weighted by Crippen LogP contribution is 2.30. The number of nitrogens with one attached hydrogen (secondary N) is 1. The van der Waals surface area contributed by atoms with Crippen LogP contribution in [-0.2, 0) is 23.9 Å². The Labute approximate surface area is 242 Å². The number of alkyl halides is 3. The van der Waals surface area contributed by atoms with Crippen LogP contribution >= 0.6 is 0 Å². The lowest BCUT2D eigenvalue weighted by Gasteiger charge is -2.40. The number of halogens is 3. The Hall–Kier alpha value is -3.90. The third-order valence-electron chi connectivity index (χ3n) is 8.04. The van der Waals surface area contributed by atoms with Crippen molar-refractivity contribution in [2.45, 2.75) is 38.0 Å². The van der Waals surface area contributed by atoms with Crippen molar-refractivity contribution in [2.24, 2.45) is 0 Å². The third-order valence-corrected chi connectivity index (χ3v) is 8.04. The first-order chi connectivity index (χ1) is 20.3. The normalized spacial score (nSPS) is 17.2. The van der Waals surface area contributed by atoms with Crippen LogP contribution in [0.3, 0.4) is 0 Å². The molecule has 0 aliphatic carbocycles. The zero-order valence-electron chi connectivity index (χ0n) is 23.2. The van der Waals surface area contributed by atoms with Gasteiger partial charge in [-0.1, -0.05) is 24.3 Å². The van der Waals surface area contributed by atoms with Gasteiger partial charge in [0.25, 0.3) is 0 Å². The average Bonchev–Trinajstić information content (AvgIpc) is 3.41. The number of morpholine rings is 1. The molecule has 12 heteroatoms. The third kappa shape index (κ3) is 6.44. The van der Waals surface area contributed by atoms with Crippen molar-refractivity contribution in [2.75, 3.05) is 56.2 Å². The number of piperidine rings is 1. The van der Waals surface area contributed by atoms with Crippen LogP contribution in [0, 0.1) is 0 Å². The molecule has 4 aromatic rings. The number of hydrogen-bond acceptors (Lipinski definition) is 8. The standard InChI is InChI=1S/C30H34F3N7O2/c31-30(32,33)23-5-1-22(2-6-23)19-40-20-35-26-27(34-12-9-21-3-7-25(41)8-4-21)36-29(37-28(26)40)39-13-10-24(11-14-39)38-15-17-42-18-16-38/h1-8,20,24,41H,9-19H2,(H,34,36,37). The van der Waals surface area contributed by atoms with Crippen molar-refractivity contribution >= 4 is 22.9 Å². The first kappa shape index (κ1) is 28.2. The van der Waals surface area contributed by atoms with E-state index in [2.05, 4.69) is 20.1 Å². The number of anilines is 2. The highest BCUT2D eigenvalue weighted by molar-refractivity contribution is 5.84. The van der Waals surface area contributed by atoms with Crippen LogP contribution in [0.15, 0.2) is 54.9 Å². The molecule has 0 amide bonds. The second-order valence-electron chi connectivity index (χ2n) is 10.8. The fourth-order valence-electron chi connectivity index (χ4n) is 5.67. The fourth-order valence-corrected chi connectivity index (χ4v) is 5.67. The molecule has 2 saturated heterocycles. The summed E-state index contributed by atoms with van der Waals surface area (Å²) < 4.78 is 46.6. The molecule has 2 N–H and O–H groups in total. The van der Waals surface area contributed by atoms with E-state index in [4.69, 9.17) is 14.7 Å². The Kier molecular flexibility index (Phi) is 8.16. The summed E-state index contributed by atoms with van der Waals surface area (Å²) in [6, 6.07) is 12.8. The lowest BCUT2D eigenvalue weighted by molar-refractivity contribution is -0.137. The highest BCUT2D eigenvalue weighted by atomic mass is 19.4. The molecule has 6 rings (SSSR count). The molecule has 9 nitrogen and oxygen atoms in total. The minimum absolute atomic E-state index is 0.227. The van der Waals surface area contributed by atoms with Crippen LogP contribution in [0.2, 0.25) is 0 Å². The van der Waals surface area contributed by atoms with E-state index in [1.54, 1.807) is 18.5 Å². The minimum atomic E-state index is -4.38. The SMILES string of the molecule is Oc1ccc(CCNc2nc(N3CCC(N4CCOCC4)CC3)nc3c2ncn3Cc2ccc(C(F)(F)F)cc2)cc1. The van der Waals surface area contributed by atoms with Gasteiger partial charge in [-0.15, -0.1) is 0 Å². The molecule has 2 aliphatic rings. The number of imidazole rings is 1. The van der Waals surface area contributed by atoms with Gasteiger partial charge in [-0.3, -0.25) is 4.90 Å². The van der Waals surface area contributed by atoms with Crippen LogP contribution in [0.25, 0.3) is 11.2 Å². The van der Waals surface area contributed by atoms with E-state index in [0.29, 0.717) is 42.1 Å². The Morgan fingerprint density at radius 3 is 2.29 bits per heavy atom. The smallest absolute Gasteiger partial charge is 0.416 e. The number of rotatable bonds is 8. The van der Waals surface area contributed by atoms with Crippen molar-refractivity contribution in [1.82, 2.24) is 24.4 Å². The van der Waals surface area contributed by atoms with E-state index >= 15 is 0 Å². The lowest BCUT2D eigenvalue weighted by Crippen LogP contribution is -2.49. The molecule has 2 aromatic heterocycles. The summed E-state index contributed by atoms with van der Waals surface area (Å²) in [5, 5.41) is 13.0. The molecule has 0 spiro atoms. The monoisotopic (exact) mass is 581 g/mol. The molecule has 2 fully saturated rings. The maximum Gasteiger partial charge on any atom is 0.416 e. The summed E-state index contributed by atoms with van der Waals surface area (Å²) in [5.41, 5.74) is 2.35. The van der Waals surface area contributed by atoms with E-state index in [-0.39, 0.29) is 5.75 Å². The van der Waals surface area contributed by atoms with Crippen LogP contribution in [0.4, 0.5) is 24.9 Å². The lowest BCUT2D eigenvalue weighted by atomic mass is 10.0. The molecular weight excluding hydrogens is 547 g/mol. The Balaban J connectivity index is 1.24. The summed E-state index contributed by atoms with van der Waals surface area (Å²) in [4.78, 5) is 19.1. The van der Waals surface area contributed by atoms with E-state index in [1.165, 1.54) is 12.1 Å². The quantitative estimate of drug-likeness (QED) is 0.313. The predicted octanol–water partition coefficient (Wildman–Crippen LogP) is 4.55. The van der Waals surface area contributed by atoms with Gasteiger partial charge in [-0.25, -0.2) is 4.98 Å². The Bertz CT molecular complexity index is 1480. The highest BCUT2D eigenvalue weighted by Gasteiger charge is 2.30. The summed E-state index contributed by atoms with van der Waals surface area (Å²) >= 11 is 0. The van der Waals surface area contributed by atoms with Crippen molar-refractivity contribution < 1.29 is 23.0 Å². The van der Waals surface area contributed by atoms with Crippen molar-refractivity contribution in [3.63, 3.8) is 0 Å². The van der Waals surface area contributed by atoms with E-state index in [0.717, 1.165) is 81.9 Å². The van der Waals surface area contributed by atoms with E-state index in [9.17, 15) is 18.3 Å². The van der Waals surface area contributed by atoms with Crippen molar-refractivity contribution in [1.29, 1.82) is 0 Å². The number of phenolic OH excluding ortho intramolecular Hbond substituents is 1. The topological polar surface area (TPSA) is 91.6 Å². The van der Waals surface area contributed by atoms with Gasteiger partial charge in [0.05, 0.1) is 31.6 Å². The number of aromatic hydroxyl groups is 1. The number of ether oxygens (including phenoxy) is 1. The van der Waals surface area contributed by atoms with Gasteiger partial charge in [0.2, 0.25) is 5.95 Å². The number of nitrogens with zero attached hydrogens (tertiary/aromatic N) is 6. The van der Waals surface area contributed by atoms with Crippen molar-refractivity contribution in [3.8, 4) is 5.75 Å². The molecule has 222 valence electrons. The zero-order chi connectivity index (χ0) is 29.1. The summed E-state index contributed by atoms with van der Waals surface area (Å²) in [5.74, 6) is 1.46. The molecular formula is C30H34F3N7O2. The first-order valence-electron chi connectivity index (χ1n) is 14.3. The number of benzene rings is 2. The van der Waals surface area contributed by atoms with Gasteiger partial charge in [-0.05, 0) is 54.7 Å². The maximum absolute atomic E-state index is 13.1. The van der Waals surface area contributed by atoms with Crippen LogP contribution in [0.5, 0.6) is 5.75 Å². The molecule has 2 aromatic carbocycles. The van der Waals surface area contributed by atoms with Gasteiger partial charge < -0.3 is 24.6 Å². The first-order valence-corrected chi connectivity index (χ1v) is 14.3. The summed E-state index contributed by atoms with van der Waals surface area (Å²) in [7, 11) is 0. The Morgan fingerprint density at radius 1 is 0.905 bits per heavy atom. The Morgan fingerprint density at radius 2 is 1.60 bits per heavy atom. The summed E-state index contributed by atoms with van der Waals surface area (Å²) in [6.07, 6.45) is 0.0267. The zero-order valence-corrected chi connectivity index (χ0v) is 23.2. The summed E-state index contributed by atoms with van der Waals surface area (Å²) in [6.45, 7) is 6.07. The van der Waals surface area contributed by atoms with E-state index in [1.807, 2.05) is 16.7 Å². The molecule has 0 atom stereocenters. The minimum Gasteiger partial charge on any atom is -0.508 e. The van der Waals surface area contributed by atoms with Crippen LogP contribution in [-0.4, -0.2) is 81.5 Å². The molecule has 4 heterocycles. The molecule has 2 aliphatic heterocycles. The van der Waals surface area contributed by atoms with Gasteiger partial charge in [0.15, 0.2) is 17.0 Å². The van der Waals surface area contributed by atoms with E-state index < -0.39 is 11.7 Å². The maximum atomic E-state index is 13.1. The van der Waals surface area contributed by atoms with Crippen molar-refractivity contribution in [3.05, 3.63) is 71.5 Å². The fraction of sp³-hybridized carbons (Fsp3) is 0.433. The predicted molar refractivity (Wildman–Crippen MR) is 154 cm³/mol. The van der Waals surface area contributed by atoms with Gasteiger partial charge in [-0.2, -0.15) is 23.1 Å². The molecule has 0 radical (unpaired) electrons.